The smallest absolute Gasteiger partial charge is 0.306 e. The minimum absolute atomic E-state index is 0.0206. The molecule has 0 fully saturated rings. The van der Waals surface area contributed by atoms with E-state index in [-0.39, 0.29) is 23.8 Å². The first-order chi connectivity index (χ1) is 12.3. The Labute approximate surface area is 151 Å². The third-order valence-corrected chi connectivity index (χ3v) is 5.12. The summed E-state index contributed by atoms with van der Waals surface area (Å²) in [6.07, 6.45) is 0.414. The van der Waals surface area contributed by atoms with Crippen LogP contribution in [0.3, 0.4) is 0 Å². The van der Waals surface area contributed by atoms with Crippen molar-refractivity contribution in [3.63, 3.8) is 0 Å². The van der Waals surface area contributed by atoms with Gasteiger partial charge in [0.15, 0.2) is 0 Å². The van der Waals surface area contributed by atoms with Gasteiger partial charge in [0.1, 0.15) is 0 Å². The average molecular weight is 374 g/mol. The molecule has 0 radical (unpaired) electrons. The number of para-hydroxylation sites is 1. The molecule has 2 aromatic rings. The van der Waals surface area contributed by atoms with Crippen molar-refractivity contribution in [2.45, 2.75) is 23.7 Å². The van der Waals surface area contributed by atoms with E-state index < -0.39 is 21.9 Å². The molecule has 0 saturated carbocycles. The Morgan fingerprint density at radius 3 is 2.50 bits per heavy atom. The van der Waals surface area contributed by atoms with Gasteiger partial charge in [-0.05, 0) is 29.3 Å². The highest BCUT2D eigenvalue weighted by Crippen LogP contribution is 2.34. The van der Waals surface area contributed by atoms with Crippen molar-refractivity contribution in [1.29, 1.82) is 0 Å². The van der Waals surface area contributed by atoms with Gasteiger partial charge in [-0.2, -0.15) is 0 Å². The molecule has 1 heterocycles. The Morgan fingerprint density at radius 1 is 1.12 bits per heavy atom. The monoisotopic (exact) mass is 374 g/mol. The van der Waals surface area contributed by atoms with Crippen LogP contribution in [-0.2, 0) is 30.8 Å². The van der Waals surface area contributed by atoms with Crippen LogP contribution >= 0.6 is 0 Å². The maximum absolute atomic E-state index is 12.0. The molecule has 0 bridgehead atoms. The van der Waals surface area contributed by atoms with E-state index in [1.165, 1.54) is 12.1 Å². The molecule has 7 nitrogen and oxygen atoms in total. The number of hydrogen-bond acceptors (Lipinski definition) is 5. The number of fused-ring (bicyclic) bond motifs is 1. The van der Waals surface area contributed by atoms with Gasteiger partial charge in [0, 0.05) is 12.1 Å². The van der Waals surface area contributed by atoms with Crippen LogP contribution in [-0.4, -0.2) is 26.9 Å². The molecule has 3 rings (SSSR count). The van der Waals surface area contributed by atoms with Crippen molar-refractivity contribution in [1.82, 2.24) is 0 Å². The molecule has 2 aromatic carbocycles. The molecule has 3 N–H and O–H groups in total. The van der Waals surface area contributed by atoms with Crippen molar-refractivity contribution < 1.29 is 22.7 Å². The number of hydrogen-bond donors (Lipinski definition) is 2. The number of nitrogens with two attached hydrogens (primary N) is 1. The van der Waals surface area contributed by atoms with E-state index in [4.69, 9.17) is 9.88 Å². The van der Waals surface area contributed by atoms with Crippen LogP contribution in [0, 0.1) is 0 Å². The minimum Gasteiger partial charge on any atom is -0.465 e. The highest BCUT2D eigenvalue weighted by molar-refractivity contribution is 7.89. The zero-order chi connectivity index (χ0) is 18.7. The van der Waals surface area contributed by atoms with E-state index in [2.05, 4.69) is 5.32 Å². The zero-order valence-corrected chi connectivity index (χ0v) is 14.7. The third-order valence-electron chi connectivity index (χ3n) is 4.19. The first-order valence-electron chi connectivity index (χ1n) is 8.02. The molecule has 1 atom stereocenters. The summed E-state index contributed by atoms with van der Waals surface area (Å²) in [5.41, 5.74) is 2.34. The van der Waals surface area contributed by atoms with Crippen LogP contribution in [0.25, 0.3) is 0 Å². The number of primary sulfonamides is 1. The summed E-state index contributed by atoms with van der Waals surface area (Å²) >= 11 is 0. The average Bonchev–Trinajstić information content (AvgIpc) is 2.90. The summed E-state index contributed by atoms with van der Waals surface area (Å²) in [6, 6.07) is 13.3. The summed E-state index contributed by atoms with van der Waals surface area (Å²) in [6.45, 7) is 0.142. The lowest BCUT2D eigenvalue weighted by atomic mass is 9.97. The van der Waals surface area contributed by atoms with Gasteiger partial charge >= 0.3 is 5.97 Å². The summed E-state index contributed by atoms with van der Waals surface area (Å²) in [5.74, 6) is -1.20. The van der Waals surface area contributed by atoms with Crippen LogP contribution in [0.4, 0.5) is 5.69 Å². The maximum Gasteiger partial charge on any atom is 0.306 e. The fraction of sp³-hybridized carbons (Fsp3) is 0.222. The number of amides is 1. The first-order valence-corrected chi connectivity index (χ1v) is 9.56. The molecule has 0 saturated heterocycles. The molecule has 1 unspecified atom stereocenters. The van der Waals surface area contributed by atoms with E-state index in [1.54, 1.807) is 18.2 Å². The van der Waals surface area contributed by atoms with Gasteiger partial charge in [-0.3, -0.25) is 9.59 Å². The van der Waals surface area contributed by atoms with E-state index in [0.29, 0.717) is 6.42 Å². The predicted octanol–water partition coefficient (Wildman–Crippen LogP) is 1.55. The topological polar surface area (TPSA) is 116 Å². The van der Waals surface area contributed by atoms with Crippen LogP contribution < -0.4 is 10.5 Å². The van der Waals surface area contributed by atoms with Crippen molar-refractivity contribution in [2.24, 2.45) is 5.14 Å². The molecule has 26 heavy (non-hydrogen) atoms. The molecular formula is C18H18N2O5S. The number of esters is 1. The van der Waals surface area contributed by atoms with E-state index in [1.807, 2.05) is 18.2 Å². The lowest BCUT2D eigenvalue weighted by molar-refractivity contribution is -0.145. The van der Waals surface area contributed by atoms with Crippen LogP contribution in [0.5, 0.6) is 0 Å². The normalized spacial score (nSPS) is 16.0. The quantitative estimate of drug-likeness (QED) is 0.744. The number of benzene rings is 2. The maximum atomic E-state index is 12.0. The van der Waals surface area contributed by atoms with Gasteiger partial charge in [-0.25, -0.2) is 13.6 Å². The number of rotatable bonds is 6. The molecule has 0 spiro atoms. The molecular weight excluding hydrogens is 356 g/mol. The second kappa shape index (κ2) is 7.27. The highest BCUT2D eigenvalue weighted by atomic mass is 32.2. The molecule has 1 amide bonds. The Morgan fingerprint density at radius 2 is 1.81 bits per heavy atom. The number of nitrogens with one attached hydrogen (secondary N) is 1. The first kappa shape index (κ1) is 18.1. The fourth-order valence-corrected chi connectivity index (χ4v) is 3.35. The van der Waals surface area contributed by atoms with Crippen molar-refractivity contribution >= 4 is 27.6 Å². The molecule has 0 aromatic heterocycles. The van der Waals surface area contributed by atoms with Crippen molar-refractivity contribution in [3.8, 4) is 0 Å². The molecule has 136 valence electrons. The van der Waals surface area contributed by atoms with Crippen LogP contribution in [0.2, 0.25) is 0 Å². The lowest BCUT2D eigenvalue weighted by Crippen LogP contribution is -2.18. The standard InChI is InChI=1S/C18H18N2O5S/c19-26(23,24)13-7-5-12(6-8-13)9-10-25-17(21)11-15-14-3-1-2-4-16(14)20-18(15)22/h1-8,15H,9-11H2,(H,20,22)(H2,19,23,24). The molecule has 0 aliphatic carbocycles. The molecule has 1 aliphatic heterocycles. The van der Waals surface area contributed by atoms with E-state index in [9.17, 15) is 18.0 Å². The summed E-state index contributed by atoms with van der Waals surface area (Å²) < 4.78 is 27.6. The second-order valence-corrected chi connectivity index (χ2v) is 7.55. The van der Waals surface area contributed by atoms with Gasteiger partial charge in [0.2, 0.25) is 15.9 Å². The summed E-state index contributed by atoms with van der Waals surface area (Å²) in [7, 11) is -3.72. The second-order valence-electron chi connectivity index (χ2n) is 5.99. The Hall–Kier alpha value is -2.71. The predicted molar refractivity (Wildman–Crippen MR) is 94.9 cm³/mol. The van der Waals surface area contributed by atoms with Gasteiger partial charge < -0.3 is 10.1 Å². The van der Waals surface area contributed by atoms with Crippen molar-refractivity contribution in [3.05, 3.63) is 59.7 Å². The van der Waals surface area contributed by atoms with E-state index in [0.717, 1.165) is 16.8 Å². The summed E-state index contributed by atoms with van der Waals surface area (Å²) in [4.78, 5) is 24.1. The van der Waals surface area contributed by atoms with Gasteiger partial charge in [-0.15, -0.1) is 0 Å². The minimum atomic E-state index is -3.72. The number of sulfonamides is 1. The third kappa shape index (κ3) is 4.09. The number of carbonyl (C=O) groups excluding carboxylic acids is 2. The van der Waals surface area contributed by atoms with Gasteiger partial charge in [0.25, 0.3) is 0 Å². The van der Waals surface area contributed by atoms with Crippen LogP contribution in [0.1, 0.15) is 23.5 Å². The van der Waals surface area contributed by atoms with Gasteiger partial charge in [0.05, 0.1) is 23.8 Å². The highest BCUT2D eigenvalue weighted by Gasteiger charge is 2.32. The van der Waals surface area contributed by atoms with Crippen LogP contribution in [0.15, 0.2) is 53.4 Å². The Bertz CT molecular complexity index is 938. The zero-order valence-electron chi connectivity index (χ0n) is 13.8. The molecule has 8 heteroatoms. The molecule has 1 aliphatic rings. The summed E-state index contributed by atoms with van der Waals surface area (Å²) in [5, 5.41) is 7.79. The Kier molecular flexibility index (Phi) is 5.06. The number of carbonyl (C=O) groups is 2. The Balaban J connectivity index is 1.51. The number of ether oxygens (including phenoxy) is 1. The SMILES string of the molecule is NS(=O)(=O)c1ccc(CCOC(=O)CC2C(=O)Nc3ccccc32)cc1. The number of anilines is 1. The lowest BCUT2D eigenvalue weighted by Gasteiger charge is -2.09. The van der Waals surface area contributed by atoms with Crippen molar-refractivity contribution in [2.75, 3.05) is 11.9 Å². The fourth-order valence-electron chi connectivity index (χ4n) is 2.83. The van der Waals surface area contributed by atoms with Gasteiger partial charge in [-0.1, -0.05) is 30.3 Å². The van der Waals surface area contributed by atoms with E-state index >= 15 is 0 Å². The largest absolute Gasteiger partial charge is 0.465 e.